The highest BCUT2D eigenvalue weighted by atomic mass is 32.1. The minimum absolute atomic E-state index is 0.0261. The van der Waals surface area contributed by atoms with Crippen LogP contribution in [-0.4, -0.2) is 60.9 Å². The number of thiophene rings is 1. The van der Waals surface area contributed by atoms with Gasteiger partial charge in [0.15, 0.2) is 0 Å². The van der Waals surface area contributed by atoms with Gasteiger partial charge >= 0.3 is 6.18 Å². The van der Waals surface area contributed by atoms with Gasteiger partial charge in [0.2, 0.25) is 5.91 Å². The maximum Gasteiger partial charge on any atom is 0.416 e. The number of amides is 2. The number of anilines is 1. The van der Waals surface area contributed by atoms with E-state index in [1.165, 1.54) is 17.4 Å². The van der Waals surface area contributed by atoms with E-state index in [-0.39, 0.29) is 17.7 Å². The quantitative estimate of drug-likeness (QED) is 0.710. The van der Waals surface area contributed by atoms with Gasteiger partial charge in [-0.2, -0.15) is 13.2 Å². The number of nitrogens with zero attached hydrogens (tertiary/aromatic N) is 3. The predicted molar refractivity (Wildman–Crippen MR) is 113 cm³/mol. The van der Waals surface area contributed by atoms with Crippen molar-refractivity contribution in [3.8, 4) is 0 Å². The third-order valence-corrected chi connectivity index (χ3v) is 6.78. The number of hydrogen-bond acceptors (Lipinski definition) is 4. The topological polar surface area (TPSA) is 43.9 Å². The number of alkyl halides is 3. The van der Waals surface area contributed by atoms with Crippen LogP contribution in [-0.2, 0) is 11.0 Å². The Morgan fingerprint density at radius 2 is 1.74 bits per heavy atom. The van der Waals surface area contributed by atoms with Crippen molar-refractivity contribution in [2.24, 2.45) is 5.92 Å². The Kier molecular flexibility index (Phi) is 6.22. The molecule has 2 aliphatic heterocycles. The van der Waals surface area contributed by atoms with Gasteiger partial charge in [0.05, 0.1) is 16.4 Å². The van der Waals surface area contributed by atoms with Crippen molar-refractivity contribution in [3.05, 3.63) is 52.2 Å². The van der Waals surface area contributed by atoms with Crippen molar-refractivity contribution in [2.75, 3.05) is 44.2 Å². The zero-order valence-electron chi connectivity index (χ0n) is 17.0. The smallest absolute Gasteiger partial charge is 0.368 e. The Labute approximate surface area is 183 Å². The highest BCUT2D eigenvalue weighted by Gasteiger charge is 2.34. The first-order valence-electron chi connectivity index (χ1n) is 10.4. The molecule has 1 unspecified atom stereocenters. The maximum atomic E-state index is 13.1. The van der Waals surface area contributed by atoms with Crippen LogP contribution in [0.3, 0.4) is 0 Å². The van der Waals surface area contributed by atoms with Crippen LogP contribution in [0.4, 0.5) is 18.9 Å². The normalized spacial score (nSPS) is 20.1. The lowest BCUT2D eigenvalue weighted by Gasteiger charge is -2.39. The molecule has 0 bridgehead atoms. The van der Waals surface area contributed by atoms with Gasteiger partial charge in [-0.3, -0.25) is 9.59 Å². The van der Waals surface area contributed by atoms with E-state index in [0.29, 0.717) is 49.8 Å². The molecular weight excluding hydrogens is 427 g/mol. The zero-order valence-corrected chi connectivity index (χ0v) is 17.8. The summed E-state index contributed by atoms with van der Waals surface area (Å²) in [5.41, 5.74) is -0.145. The van der Waals surface area contributed by atoms with Crippen LogP contribution in [0.15, 0.2) is 41.8 Å². The van der Waals surface area contributed by atoms with Crippen LogP contribution in [0, 0.1) is 5.92 Å². The monoisotopic (exact) mass is 451 g/mol. The maximum absolute atomic E-state index is 13.1. The van der Waals surface area contributed by atoms with Gasteiger partial charge in [-0.15, -0.1) is 11.3 Å². The Bertz CT molecular complexity index is 924. The average molecular weight is 452 g/mol. The molecule has 4 rings (SSSR count). The lowest BCUT2D eigenvalue weighted by molar-refractivity contribution is -0.138. The molecule has 0 N–H and O–H groups in total. The van der Waals surface area contributed by atoms with Crippen molar-refractivity contribution >= 4 is 28.8 Å². The lowest BCUT2D eigenvalue weighted by atomic mass is 9.96. The highest BCUT2D eigenvalue weighted by molar-refractivity contribution is 7.12. The van der Waals surface area contributed by atoms with E-state index >= 15 is 0 Å². The Morgan fingerprint density at radius 3 is 2.42 bits per heavy atom. The minimum atomic E-state index is -4.37. The molecule has 1 aromatic heterocycles. The second-order valence-corrected chi connectivity index (χ2v) is 8.88. The molecule has 0 radical (unpaired) electrons. The standard InChI is InChI=1S/C22H24F3N3O2S/c23-22(24,25)17-5-1-6-18(14-17)26-9-11-27(12-10-26)20(29)16-4-2-8-28(15-16)21(30)19-7-3-13-31-19/h1,3,5-7,13-14,16H,2,4,8-12,15H2. The van der Waals surface area contributed by atoms with Crippen molar-refractivity contribution in [1.82, 2.24) is 9.80 Å². The second kappa shape index (κ2) is 8.90. The summed E-state index contributed by atoms with van der Waals surface area (Å²) in [5.74, 6) is -0.216. The van der Waals surface area contributed by atoms with Crippen LogP contribution in [0.2, 0.25) is 0 Å². The van der Waals surface area contributed by atoms with E-state index in [1.807, 2.05) is 16.3 Å². The summed E-state index contributed by atoms with van der Waals surface area (Å²) in [6.45, 7) is 2.97. The molecule has 9 heteroatoms. The first kappa shape index (κ1) is 21.7. The Balaban J connectivity index is 1.34. The predicted octanol–water partition coefficient (Wildman–Crippen LogP) is 3.97. The number of benzene rings is 1. The van der Waals surface area contributed by atoms with Crippen LogP contribution in [0.25, 0.3) is 0 Å². The molecule has 5 nitrogen and oxygen atoms in total. The molecule has 0 spiro atoms. The van der Waals surface area contributed by atoms with E-state index in [9.17, 15) is 22.8 Å². The zero-order chi connectivity index (χ0) is 22.0. The molecule has 2 amide bonds. The van der Waals surface area contributed by atoms with Crippen LogP contribution >= 0.6 is 11.3 Å². The number of halogens is 3. The fourth-order valence-corrected chi connectivity index (χ4v) is 4.93. The average Bonchev–Trinajstić information content (AvgIpc) is 3.33. The number of likely N-dealkylation sites (tertiary alicyclic amines) is 1. The number of carbonyl (C=O) groups is 2. The molecule has 2 fully saturated rings. The molecule has 0 saturated carbocycles. The number of piperazine rings is 1. The van der Waals surface area contributed by atoms with Crippen molar-refractivity contribution < 1.29 is 22.8 Å². The number of piperidine rings is 1. The van der Waals surface area contributed by atoms with E-state index in [1.54, 1.807) is 21.9 Å². The van der Waals surface area contributed by atoms with Crippen LogP contribution in [0.5, 0.6) is 0 Å². The van der Waals surface area contributed by atoms with Crippen LogP contribution in [0.1, 0.15) is 28.1 Å². The van der Waals surface area contributed by atoms with Crippen molar-refractivity contribution in [3.63, 3.8) is 0 Å². The van der Waals surface area contributed by atoms with Crippen molar-refractivity contribution in [2.45, 2.75) is 19.0 Å². The van der Waals surface area contributed by atoms with Crippen molar-refractivity contribution in [1.29, 1.82) is 0 Å². The number of rotatable bonds is 3. The molecule has 2 saturated heterocycles. The van der Waals surface area contributed by atoms with E-state index in [2.05, 4.69) is 0 Å². The molecule has 0 aliphatic carbocycles. The summed E-state index contributed by atoms with van der Waals surface area (Å²) in [7, 11) is 0. The third-order valence-electron chi connectivity index (χ3n) is 5.92. The van der Waals surface area contributed by atoms with Crippen LogP contribution < -0.4 is 4.90 Å². The van der Waals surface area contributed by atoms with E-state index < -0.39 is 11.7 Å². The molecule has 2 aliphatic rings. The van der Waals surface area contributed by atoms with Gasteiger partial charge in [-0.05, 0) is 42.5 Å². The van der Waals surface area contributed by atoms with Gasteiger partial charge in [-0.25, -0.2) is 0 Å². The molecule has 2 aromatic rings. The Hall–Kier alpha value is -2.55. The summed E-state index contributed by atoms with van der Waals surface area (Å²) >= 11 is 1.40. The van der Waals surface area contributed by atoms with E-state index in [0.717, 1.165) is 25.0 Å². The molecule has 31 heavy (non-hydrogen) atoms. The summed E-state index contributed by atoms with van der Waals surface area (Å²) in [6, 6.07) is 8.95. The fourth-order valence-electron chi connectivity index (χ4n) is 4.24. The largest absolute Gasteiger partial charge is 0.416 e. The SMILES string of the molecule is O=C(c1cccs1)N1CCCC(C(=O)N2CCN(c3cccc(C(F)(F)F)c3)CC2)C1. The molecule has 3 heterocycles. The third kappa shape index (κ3) is 4.87. The second-order valence-electron chi connectivity index (χ2n) is 7.93. The molecule has 166 valence electrons. The lowest BCUT2D eigenvalue weighted by Crippen LogP contribution is -2.53. The van der Waals surface area contributed by atoms with Gasteiger partial charge < -0.3 is 14.7 Å². The van der Waals surface area contributed by atoms with Gasteiger partial charge in [0, 0.05) is 45.0 Å². The molecule has 1 aromatic carbocycles. The number of hydrogen-bond donors (Lipinski definition) is 0. The summed E-state index contributed by atoms with van der Waals surface area (Å²) in [6.07, 6.45) is -2.83. The number of carbonyl (C=O) groups excluding carboxylic acids is 2. The van der Waals surface area contributed by atoms with Gasteiger partial charge in [0.1, 0.15) is 0 Å². The summed E-state index contributed by atoms with van der Waals surface area (Å²) in [5, 5.41) is 1.86. The Morgan fingerprint density at radius 1 is 0.968 bits per heavy atom. The first-order valence-corrected chi connectivity index (χ1v) is 11.2. The fraction of sp³-hybridized carbons (Fsp3) is 0.455. The highest BCUT2D eigenvalue weighted by Crippen LogP contribution is 2.32. The van der Waals surface area contributed by atoms with Gasteiger partial charge in [-0.1, -0.05) is 12.1 Å². The summed E-state index contributed by atoms with van der Waals surface area (Å²) < 4.78 is 39.0. The molecular formula is C22H24F3N3O2S. The summed E-state index contributed by atoms with van der Waals surface area (Å²) in [4.78, 5) is 31.8. The minimum Gasteiger partial charge on any atom is -0.368 e. The van der Waals surface area contributed by atoms with Gasteiger partial charge in [0.25, 0.3) is 5.91 Å². The molecule has 1 atom stereocenters. The first-order chi connectivity index (χ1) is 14.8. The van der Waals surface area contributed by atoms with E-state index in [4.69, 9.17) is 0 Å².